The number of oxazole rings is 1. The summed E-state index contributed by atoms with van der Waals surface area (Å²) in [4.78, 5) is 36.0. The lowest BCUT2D eigenvalue weighted by molar-refractivity contribution is 0.0940. The number of nitriles is 1. The summed E-state index contributed by atoms with van der Waals surface area (Å²) in [7, 11) is 0. The Balaban J connectivity index is 1.38. The molecule has 0 N–H and O–H groups in total. The lowest BCUT2D eigenvalue weighted by Crippen LogP contribution is -2.44. The number of nitrogens with zero attached hydrogens (tertiary/aromatic N) is 5. The normalized spacial score (nSPS) is 18.9. The number of carbonyl (C=O) groups excluding carboxylic acids is 1. The first kappa shape index (κ1) is 22.8. The number of aryl methyl sites for hydroxylation is 1. The Hall–Kier alpha value is -4.65. The minimum atomic E-state index is -0.277. The zero-order chi connectivity index (χ0) is 25.5. The highest BCUT2D eigenvalue weighted by atomic mass is 16.6. The van der Waals surface area contributed by atoms with Gasteiger partial charge in [0.25, 0.3) is 5.56 Å². The van der Waals surface area contributed by atoms with Gasteiger partial charge in [0, 0.05) is 19.4 Å². The van der Waals surface area contributed by atoms with Crippen LogP contribution < -0.4 is 10.3 Å². The molecule has 0 radical (unpaired) electrons. The smallest absolute Gasteiger partial charge is 0.410 e. The number of cyclic esters (lactones) is 1. The quantitative estimate of drug-likeness (QED) is 0.409. The van der Waals surface area contributed by atoms with Crippen LogP contribution in [0.15, 0.2) is 58.2 Å². The average Bonchev–Trinajstić information content (AvgIpc) is 3.57. The molecule has 4 aromatic rings. The molecule has 10 heteroatoms. The highest BCUT2D eigenvalue weighted by molar-refractivity contribution is 5.86. The van der Waals surface area contributed by atoms with Gasteiger partial charge in [0.1, 0.15) is 24.3 Å². The van der Waals surface area contributed by atoms with Crippen molar-refractivity contribution in [2.24, 2.45) is 0 Å². The third-order valence-corrected chi connectivity index (χ3v) is 6.96. The second kappa shape index (κ2) is 9.09. The number of carbonyl (C=O) groups is 1. The molecule has 2 saturated heterocycles. The Morgan fingerprint density at radius 1 is 1.22 bits per heavy atom. The fourth-order valence-corrected chi connectivity index (χ4v) is 5.00. The topological polar surface area (TPSA) is 123 Å². The van der Waals surface area contributed by atoms with Gasteiger partial charge >= 0.3 is 6.09 Å². The molecule has 0 spiro atoms. The number of hydrogen-bond donors (Lipinski definition) is 0. The molecule has 2 atom stereocenters. The van der Waals surface area contributed by atoms with E-state index < -0.39 is 0 Å². The maximum atomic E-state index is 13.6. The van der Waals surface area contributed by atoms with Gasteiger partial charge in [-0.25, -0.2) is 14.8 Å². The van der Waals surface area contributed by atoms with Crippen molar-refractivity contribution in [2.75, 3.05) is 13.2 Å². The molecule has 186 valence electrons. The second-order valence-electron chi connectivity index (χ2n) is 9.28. The van der Waals surface area contributed by atoms with Crippen molar-refractivity contribution < 1.29 is 18.7 Å². The van der Waals surface area contributed by atoms with Crippen molar-refractivity contribution in [3.8, 4) is 23.1 Å². The van der Waals surface area contributed by atoms with Crippen LogP contribution in [0.4, 0.5) is 4.79 Å². The minimum absolute atomic E-state index is 0.0191. The van der Waals surface area contributed by atoms with Crippen molar-refractivity contribution in [2.45, 2.75) is 38.5 Å². The predicted octanol–water partition coefficient (Wildman–Crippen LogP) is 3.64. The Morgan fingerprint density at radius 3 is 2.81 bits per heavy atom. The van der Waals surface area contributed by atoms with E-state index in [1.807, 2.05) is 12.1 Å². The molecule has 2 aromatic heterocycles. The van der Waals surface area contributed by atoms with Crippen molar-refractivity contribution in [1.82, 2.24) is 19.4 Å². The van der Waals surface area contributed by atoms with Gasteiger partial charge in [-0.2, -0.15) is 5.26 Å². The summed E-state index contributed by atoms with van der Waals surface area (Å²) in [6.07, 6.45) is 3.79. The molecule has 2 aliphatic heterocycles. The van der Waals surface area contributed by atoms with E-state index in [4.69, 9.17) is 24.1 Å². The predicted molar refractivity (Wildman–Crippen MR) is 132 cm³/mol. The van der Waals surface area contributed by atoms with Gasteiger partial charge in [-0.1, -0.05) is 12.1 Å². The van der Waals surface area contributed by atoms with E-state index in [2.05, 4.69) is 11.1 Å². The van der Waals surface area contributed by atoms with E-state index in [9.17, 15) is 9.59 Å². The molecule has 4 heterocycles. The Bertz CT molecular complexity index is 1590. The summed E-state index contributed by atoms with van der Waals surface area (Å²) >= 11 is 0. The van der Waals surface area contributed by atoms with Crippen LogP contribution in [-0.2, 0) is 11.3 Å². The standard InChI is InChI=1S/C27H23N5O5/c1-16-30-23-9-22(25-12-29-15-36-25)24(37-20-6-7-31-19(8-20)14-35-27(31)34)10-21(23)26(33)32(16)13-18-4-2-17(11-28)3-5-18/h2-5,9-10,12,15,19-20H,6-8,13-14H2,1H3/t19-,20-/m0/s1. The third kappa shape index (κ3) is 4.18. The van der Waals surface area contributed by atoms with Crippen LogP contribution >= 0.6 is 0 Å². The van der Waals surface area contributed by atoms with E-state index >= 15 is 0 Å². The first-order chi connectivity index (χ1) is 18.0. The fraction of sp³-hybridized carbons (Fsp3) is 0.296. The Labute approximate surface area is 211 Å². The van der Waals surface area contributed by atoms with E-state index in [-0.39, 0.29) is 23.8 Å². The summed E-state index contributed by atoms with van der Waals surface area (Å²) in [5.41, 5.74) is 2.44. The van der Waals surface area contributed by atoms with E-state index in [1.54, 1.807) is 46.9 Å². The monoisotopic (exact) mass is 497 g/mol. The molecular formula is C27H23N5O5. The number of benzene rings is 2. The zero-order valence-electron chi connectivity index (χ0n) is 20.1. The summed E-state index contributed by atoms with van der Waals surface area (Å²) in [5, 5.41) is 9.48. The molecule has 2 fully saturated rings. The van der Waals surface area contributed by atoms with Crippen LogP contribution in [0, 0.1) is 18.3 Å². The van der Waals surface area contributed by atoms with Crippen LogP contribution in [0.1, 0.15) is 29.8 Å². The Morgan fingerprint density at radius 2 is 2.05 bits per heavy atom. The fourth-order valence-electron chi connectivity index (χ4n) is 5.00. The number of ether oxygens (including phenoxy) is 2. The van der Waals surface area contributed by atoms with Gasteiger partial charge in [-0.15, -0.1) is 0 Å². The van der Waals surface area contributed by atoms with Crippen LogP contribution in [0.25, 0.3) is 22.2 Å². The first-order valence-electron chi connectivity index (χ1n) is 12.0. The van der Waals surface area contributed by atoms with Gasteiger partial charge in [-0.3, -0.25) is 9.36 Å². The van der Waals surface area contributed by atoms with Crippen molar-refractivity contribution >= 4 is 17.0 Å². The average molecular weight is 498 g/mol. The number of piperidine rings is 1. The van der Waals surface area contributed by atoms with E-state index in [1.165, 1.54) is 6.39 Å². The molecule has 2 aliphatic rings. The van der Waals surface area contributed by atoms with Crippen molar-refractivity contribution in [3.05, 3.63) is 76.3 Å². The van der Waals surface area contributed by atoms with Gasteiger partial charge in [0.15, 0.2) is 12.2 Å². The molecule has 0 saturated carbocycles. The highest BCUT2D eigenvalue weighted by Gasteiger charge is 2.39. The van der Waals surface area contributed by atoms with Gasteiger partial charge < -0.3 is 18.8 Å². The summed E-state index contributed by atoms with van der Waals surface area (Å²) < 4.78 is 18.8. The first-order valence-corrected chi connectivity index (χ1v) is 12.0. The minimum Gasteiger partial charge on any atom is -0.489 e. The van der Waals surface area contributed by atoms with Crippen LogP contribution in [0.3, 0.4) is 0 Å². The molecule has 1 amide bonds. The van der Waals surface area contributed by atoms with Gasteiger partial charge in [-0.05, 0) is 36.8 Å². The van der Waals surface area contributed by atoms with Crippen LogP contribution in [0.5, 0.6) is 5.75 Å². The summed E-state index contributed by atoms with van der Waals surface area (Å²) in [6, 6.07) is 12.7. The van der Waals surface area contributed by atoms with E-state index in [0.29, 0.717) is 71.9 Å². The Kier molecular flexibility index (Phi) is 5.60. The molecule has 37 heavy (non-hydrogen) atoms. The number of rotatable bonds is 5. The maximum absolute atomic E-state index is 13.6. The molecule has 6 rings (SSSR count). The molecule has 2 aromatic carbocycles. The lowest BCUT2D eigenvalue weighted by Gasteiger charge is -2.32. The number of amides is 1. The highest BCUT2D eigenvalue weighted by Crippen LogP contribution is 2.36. The molecule has 10 nitrogen and oxygen atoms in total. The SMILES string of the molecule is Cc1nc2cc(-c3cnco3)c(O[C@H]3CCN4C(=O)OC[C@@H]4C3)cc2c(=O)n1Cc1ccc(C#N)cc1. The van der Waals surface area contributed by atoms with Crippen LogP contribution in [-0.4, -0.2) is 50.8 Å². The van der Waals surface area contributed by atoms with E-state index in [0.717, 1.165) is 5.56 Å². The zero-order valence-corrected chi connectivity index (χ0v) is 20.1. The lowest BCUT2D eigenvalue weighted by atomic mass is 10.0. The van der Waals surface area contributed by atoms with Crippen LogP contribution in [0.2, 0.25) is 0 Å². The molecule has 0 aliphatic carbocycles. The molecule has 0 unspecified atom stereocenters. The number of fused-ring (bicyclic) bond motifs is 2. The van der Waals surface area contributed by atoms with Gasteiger partial charge in [0.05, 0.1) is 46.9 Å². The molecular weight excluding hydrogens is 474 g/mol. The maximum Gasteiger partial charge on any atom is 0.410 e. The summed E-state index contributed by atoms with van der Waals surface area (Å²) in [6.45, 7) is 3.03. The van der Waals surface area contributed by atoms with Crippen molar-refractivity contribution in [1.29, 1.82) is 5.26 Å². The largest absolute Gasteiger partial charge is 0.489 e. The molecule has 0 bridgehead atoms. The third-order valence-electron chi connectivity index (χ3n) is 6.96. The number of hydrogen-bond acceptors (Lipinski definition) is 8. The number of aromatic nitrogens is 3. The second-order valence-corrected chi connectivity index (χ2v) is 9.28. The van der Waals surface area contributed by atoms with Crippen molar-refractivity contribution in [3.63, 3.8) is 0 Å². The van der Waals surface area contributed by atoms with Gasteiger partial charge in [0.2, 0.25) is 0 Å². The summed E-state index contributed by atoms with van der Waals surface area (Å²) in [5.74, 6) is 1.58.